The van der Waals surface area contributed by atoms with Crippen molar-refractivity contribution in [3.63, 3.8) is 0 Å². The topological polar surface area (TPSA) is 64.4 Å². The summed E-state index contributed by atoms with van der Waals surface area (Å²) in [7, 11) is 0. The van der Waals surface area contributed by atoms with Crippen molar-refractivity contribution in [2.45, 2.75) is 27.2 Å². The van der Waals surface area contributed by atoms with Crippen LogP contribution in [-0.4, -0.2) is 17.5 Å². The molecule has 0 fully saturated rings. The van der Waals surface area contributed by atoms with Crippen molar-refractivity contribution in [1.82, 2.24) is 4.98 Å². The molecule has 134 valence electrons. The van der Waals surface area contributed by atoms with Gasteiger partial charge in [-0.1, -0.05) is 30.3 Å². The summed E-state index contributed by atoms with van der Waals surface area (Å²) < 4.78 is 11.3. The molecular formula is C21H22N2O3. The SMILES string of the molecule is CCOc1ccccc1NC(=O)Cc1nc(-c2ccccc2C)oc1C. The van der Waals surface area contributed by atoms with Gasteiger partial charge in [0, 0.05) is 5.56 Å². The van der Waals surface area contributed by atoms with Crippen LogP contribution in [0.5, 0.6) is 5.75 Å². The van der Waals surface area contributed by atoms with E-state index in [1.807, 2.05) is 69.3 Å². The molecule has 3 aromatic rings. The second-order valence-electron chi connectivity index (χ2n) is 5.99. The number of para-hydroxylation sites is 2. The molecule has 0 bridgehead atoms. The number of carbonyl (C=O) groups is 1. The summed E-state index contributed by atoms with van der Waals surface area (Å²) in [5.74, 6) is 1.68. The van der Waals surface area contributed by atoms with Gasteiger partial charge in [0.15, 0.2) is 0 Å². The Hall–Kier alpha value is -3.08. The van der Waals surface area contributed by atoms with Gasteiger partial charge in [-0.2, -0.15) is 0 Å². The number of aromatic nitrogens is 1. The number of aryl methyl sites for hydroxylation is 2. The summed E-state index contributed by atoms with van der Waals surface area (Å²) in [6.07, 6.45) is 0.141. The van der Waals surface area contributed by atoms with Crippen LogP contribution in [0.3, 0.4) is 0 Å². The molecule has 2 aromatic carbocycles. The van der Waals surface area contributed by atoms with E-state index >= 15 is 0 Å². The molecule has 0 saturated carbocycles. The van der Waals surface area contributed by atoms with Crippen molar-refractivity contribution in [2.24, 2.45) is 0 Å². The summed E-state index contributed by atoms with van der Waals surface area (Å²) >= 11 is 0. The lowest BCUT2D eigenvalue weighted by atomic mass is 10.1. The molecule has 0 aliphatic carbocycles. The summed E-state index contributed by atoms with van der Waals surface area (Å²) in [6, 6.07) is 15.3. The van der Waals surface area contributed by atoms with Crippen molar-refractivity contribution < 1.29 is 13.9 Å². The third kappa shape index (κ3) is 3.94. The van der Waals surface area contributed by atoms with E-state index in [9.17, 15) is 4.79 Å². The maximum atomic E-state index is 12.5. The van der Waals surface area contributed by atoms with Crippen LogP contribution in [0.1, 0.15) is 23.9 Å². The van der Waals surface area contributed by atoms with Crippen LogP contribution in [0.25, 0.3) is 11.5 Å². The number of benzene rings is 2. The fourth-order valence-corrected chi connectivity index (χ4v) is 2.72. The smallest absolute Gasteiger partial charge is 0.230 e. The van der Waals surface area contributed by atoms with Gasteiger partial charge in [-0.3, -0.25) is 4.79 Å². The number of nitrogens with one attached hydrogen (secondary N) is 1. The van der Waals surface area contributed by atoms with Gasteiger partial charge in [0.1, 0.15) is 11.5 Å². The van der Waals surface area contributed by atoms with Crippen LogP contribution in [0.4, 0.5) is 5.69 Å². The van der Waals surface area contributed by atoms with E-state index in [1.54, 1.807) is 0 Å². The number of anilines is 1. The number of amides is 1. The van der Waals surface area contributed by atoms with E-state index in [0.717, 1.165) is 11.1 Å². The average Bonchev–Trinajstić information content (AvgIpc) is 2.97. The maximum absolute atomic E-state index is 12.5. The molecule has 0 atom stereocenters. The standard InChI is InChI=1S/C21H22N2O3/c1-4-25-19-12-8-7-11-17(19)22-20(24)13-18-15(3)26-21(23-18)16-10-6-5-9-14(16)2/h5-12H,4,13H2,1-3H3,(H,22,24). The molecule has 0 saturated heterocycles. The summed E-state index contributed by atoms with van der Waals surface area (Å²) in [5, 5.41) is 2.89. The Morgan fingerprint density at radius 3 is 2.62 bits per heavy atom. The monoisotopic (exact) mass is 350 g/mol. The van der Waals surface area contributed by atoms with Crippen LogP contribution >= 0.6 is 0 Å². The second kappa shape index (κ2) is 7.87. The number of ether oxygens (including phenoxy) is 1. The second-order valence-corrected chi connectivity index (χ2v) is 5.99. The zero-order valence-electron chi connectivity index (χ0n) is 15.2. The Bertz CT molecular complexity index is 915. The van der Waals surface area contributed by atoms with Crippen molar-refractivity contribution in [1.29, 1.82) is 0 Å². The van der Waals surface area contributed by atoms with E-state index in [1.165, 1.54) is 0 Å². The van der Waals surface area contributed by atoms with Crippen LogP contribution < -0.4 is 10.1 Å². The van der Waals surface area contributed by atoms with E-state index in [-0.39, 0.29) is 12.3 Å². The van der Waals surface area contributed by atoms with Gasteiger partial charge in [0.25, 0.3) is 0 Å². The number of rotatable bonds is 6. The van der Waals surface area contributed by atoms with E-state index < -0.39 is 0 Å². The van der Waals surface area contributed by atoms with Crippen molar-refractivity contribution in [3.8, 4) is 17.2 Å². The average molecular weight is 350 g/mol. The Balaban J connectivity index is 1.76. The lowest BCUT2D eigenvalue weighted by Gasteiger charge is -2.10. The Morgan fingerprint density at radius 1 is 1.12 bits per heavy atom. The molecule has 1 aromatic heterocycles. The zero-order chi connectivity index (χ0) is 18.5. The van der Waals surface area contributed by atoms with Gasteiger partial charge in [-0.15, -0.1) is 0 Å². The number of nitrogens with zero attached hydrogens (tertiary/aromatic N) is 1. The molecule has 26 heavy (non-hydrogen) atoms. The Labute approximate surface area is 153 Å². The Kier molecular flexibility index (Phi) is 5.37. The van der Waals surface area contributed by atoms with Crippen molar-refractivity contribution in [2.75, 3.05) is 11.9 Å². The van der Waals surface area contributed by atoms with E-state index in [2.05, 4.69) is 10.3 Å². The molecule has 1 heterocycles. The minimum atomic E-state index is -0.162. The van der Waals surface area contributed by atoms with E-state index in [0.29, 0.717) is 35.4 Å². The predicted molar refractivity (Wildman–Crippen MR) is 101 cm³/mol. The van der Waals surface area contributed by atoms with Crippen LogP contribution in [0.2, 0.25) is 0 Å². The van der Waals surface area contributed by atoms with Crippen LogP contribution in [0.15, 0.2) is 52.9 Å². The Morgan fingerprint density at radius 2 is 1.85 bits per heavy atom. The van der Waals surface area contributed by atoms with Gasteiger partial charge >= 0.3 is 0 Å². The highest BCUT2D eigenvalue weighted by atomic mass is 16.5. The van der Waals surface area contributed by atoms with E-state index in [4.69, 9.17) is 9.15 Å². The fraction of sp³-hybridized carbons (Fsp3) is 0.238. The molecule has 0 radical (unpaired) electrons. The minimum Gasteiger partial charge on any atom is -0.492 e. The lowest BCUT2D eigenvalue weighted by molar-refractivity contribution is -0.115. The first-order valence-corrected chi connectivity index (χ1v) is 8.62. The summed E-state index contributed by atoms with van der Waals surface area (Å²) in [6.45, 7) is 6.27. The van der Waals surface area contributed by atoms with Crippen LogP contribution in [-0.2, 0) is 11.2 Å². The minimum absolute atomic E-state index is 0.141. The van der Waals surface area contributed by atoms with Gasteiger partial charge in [0.05, 0.1) is 24.4 Å². The van der Waals surface area contributed by atoms with Gasteiger partial charge in [-0.25, -0.2) is 4.98 Å². The predicted octanol–water partition coefficient (Wildman–Crippen LogP) is 4.54. The number of hydrogen-bond donors (Lipinski definition) is 1. The normalized spacial score (nSPS) is 10.6. The highest BCUT2D eigenvalue weighted by Crippen LogP contribution is 2.26. The molecule has 0 aliphatic rings. The number of oxazole rings is 1. The molecule has 1 amide bonds. The quantitative estimate of drug-likeness (QED) is 0.709. The fourth-order valence-electron chi connectivity index (χ4n) is 2.72. The first-order valence-electron chi connectivity index (χ1n) is 8.62. The van der Waals surface area contributed by atoms with Crippen molar-refractivity contribution in [3.05, 3.63) is 65.5 Å². The molecule has 5 heteroatoms. The maximum Gasteiger partial charge on any atom is 0.230 e. The molecular weight excluding hydrogens is 328 g/mol. The van der Waals surface area contributed by atoms with Gasteiger partial charge in [-0.05, 0) is 44.5 Å². The molecule has 1 N–H and O–H groups in total. The first-order chi connectivity index (χ1) is 12.6. The molecule has 0 aliphatic heterocycles. The van der Waals surface area contributed by atoms with Gasteiger partial charge in [0.2, 0.25) is 11.8 Å². The summed E-state index contributed by atoms with van der Waals surface area (Å²) in [4.78, 5) is 17.0. The first kappa shape index (κ1) is 17.7. The van der Waals surface area contributed by atoms with Gasteiger partial charge < -0.3 is 14.5 Å². The van der Waals surface area contributed by atoms with Crippen LogP contribution in [0, 0.1) is 13.8 Å². The number of hydrogen-bond acceptors (Lipinski definition) is 4. The largest absolute Gasteiger partial charge is 0.492 e. The third-order valence-electron chi connectivity index (χ3n) is 4.06. The highest BCUT2D eigenvalue weighted by Gasteiger charge is 2.16. The summed E-state index contributed by atoms with van der Waals surface area (Å²) in [5.41, 5.74) is 3.30. The third-order valence-corrected chi connectivity index (χ3v) is 4.06. The molecule has 0 spiro atoms. The lowest BCUT2D eigenvalue weighted by Crippen LogP contribution is -2.16. The number of carbonyl (C=O) groups excluding carboxylic acids is 1. The molecule has 0 unspecified atom stereocenters. The zero-order valence-corrected chi connectivity index (χ0v) is 15.2. The van der Waals surface area contributed by atoms with Crippen molar-refractivity contribution >= 4 is 11.6 Å². The molecule has 5 nitrogen and oxygen atoms in total. The highest BCUT2D eigenvalue weighted by molar-refractivity contribution is 5.93. The molecule has 3 rings (SSSR count).